The Kier molecular flexibility index (Phi) is 6.62. The predicted molar refractivity (Wildman–Crippen MR) is 81.4 cm³/mol. The molecule has 0 bridgehead atoms. The summed E-state index contributed by atoms with van der Waals surface area (Å²) in [6.45, 7) is 5.61. The summed E-state index contributed by atoms with van der Waals surface area (Å²) in [4.78, 5) is 0. The molecular weight excluding hydrogens is 284 g/mol. The first-order valence-corrected chi connectivity index (χ1v) is 8.45. The van der Waals surface area contributed by atoms with Crippen molar-refractivity contribution < 1.29 is 8.42 Å². The highest BCUT2D eigenvalue weighted by Crippen LogP contribution is 2.26. The number of hydrogen-bond acceptors (Lipinski definition) is 3. The molecule has 2 N–H and O–H groups in total. The smallest absolute Gasteiger partial charge is 0.232 e. The van der Waals surface area contributed by atoms with Crippen LogP contribution >= 0.6 is 11.6 Å². The second-order valence-electron chi connectivity index (χ2n) is 4.41. The van der Waals surface area contributed by atoms with Gasteiger partial charge < -0.3 is 5.32 Å². The number of para-hydroxylation sites is 1. The van der Waals surface area contributed by atoms with Gasteiger partial charge in [0.25, 0.3) is 0 Å². The molecule has 19 heavy (non-hydrogen) atoms. The highest BCUT2D eigenvalue weighted by Gasteiger charge is 2.13. The van der Waals surface area contributed by atoms with Crippen LogP contribution in [0, 0.1) is 6.92 Å². The first kappa shape index (κ1) is 16.3. The van der Waals surface area contributed by atoms with Crippen LogP contribution in [0.25, 0.3) is 0 Å². The lowest BCUT2D eigenvalue weighted by molar-refractivity contribution is 0.593. The fraction of sp³-hybridized carbons (Fsp3) is 0.538. The molecule has 0 aliphatic heterocycles. The van der Waals surface area contributed by atoms with Gasteiger partial charge in [0, 0.05) is 0 Å². The number of nitrogens with one attached hydrogen (secondary N) is 2. The Morgan fingerprint density at radius 3 is 2.63 bits per heavy atom. The average Bonchev–Trinajstić information content (AvgIpc) is 2.34. The molecule has 0 atom stereocenters. The predicted octanol–water partition coefficient (Wildman–Crippen LogP) is 2.78. The summed E-state index contributed by atoms with van der Waals surface area (Å²) in [6.07, 6.45) is 1.47. The largest absolute Gasteiger partial charge is 0.317 e. The highest BCUT2D eigenvalue weighted by molar-refractivity contribution is 7.92. The number of aryl methyl sites for hydroxylation is 1. The van der Waals surface area contributed by atoms with Gasteiger partial charge in [-0.1, -0.05) is 30.7 Å². The zero-order chi connectivity index (χ0) is 14.3. The van der Waals surface area contributed by atoms with Crippen LogP contribution in [0.2, 0.25) is 5.02 Å². The monoisotopic (exact) mass is 304 g/mol. The van der Waals surface area contributed by atoms with E-state index in [0.717, 1.165) is 25.1 Å². The molecule has 0 amide bonds. The van der Waals surface area contributed by atoms with E-state index in [9.17, 15) is 8.42 Å². The van der Waals surface area contributed by atoms with E-state index in [4.69, 9.17) is 11.6 Å². The molecule has 0 aliphatic rings. The molecule has 4 nitrogen and oxygen atoms in total. The van der Waals surface area contributed by atoms with E-state index in [1.54, 1.807) is 12.1 Å². The number of unbranched alkanes of at least 4 members (excludes halogenated alkanes) is 1. The van der Waals surface area contributed by atoms with E-state index in [1.165, 1.54) is 0 Å². The Morgan fingerprint density at radius 1 is 1.26 bits per heavy atom. The zero-order valence-electron chi connectivity index (χ0n) is 11.4. The molecule has 0 spiro atoms. The fourth-order valence-corrected chi connectivity index (χ4v) is 3.28. The van der Waals surface area contributed by atoms with Gasteiger partial charge in [-0.3, -0.25) is 4.72 Å². The van der Waals surface area contributed by atoms with Crippen LogP contribution in [0.1, 0.15) is 25.3 Å². The van der Waals surface area contributed by atoms with E-state index < -0.39 is 10.0 Å². The molecular formula is C13H21ClN2O2S. The van der Waals surface area contributed by atoms with Gasteiger partial charge in [0.15, 0.2) is 0 Å². The van der Waals surface area contributed by atoms with E-state index in [1.807, 2.05) is 19.9 Å². The minimum absolute atomic E-state index is 0.114. The number of hydrogen-bond donors (Lipinski definition) is 2. The standard InChI is InChI=1S/C13H21ClN2O2S/c1-3-15-9-4-5-10-19(17,18)16-13-11(2)7-6-8-12(13)14/h6-8,15-16H,3-5,9-10H2,1-2H3. The van der Waals surface area contributed by atoms with Crippen LogP contribution in [0.3, 0.4) is 0 Å². The normalized spacial score (nSPS) is 11.5. The number of benzene rings is 1. The van der Waals surface area contributed by atoms with Crippen molar-refractivity contribution in [3.8, 4) is 0 Å². The molecule has 6 heteroatoms. The Balaban J connectivity index is 2.55. The maximum atomic E-state index is 11.9. The van der Waals surface area contributed by atoms with Gasteiger partial charge in [-0.15, -0.1) is 0 Å². The third-order valence-electron chi connectivity index (χ3n) is 2.75. The average molecular weight is 305 g/mol. The Labute approximate surface area is 120 Å². The molecule has 108 valence electrons. The van der Waals surface area contributed by atoms with Gasteiger partial charge in [0.1, 0.15) is 0 Å². The third kappa shape index (κ3) is 5.80. The van der Waals surface area contributed by atoms with Crippen LogP contribution in [0.5, 0.6) is 0 Å². The molecule has 0 unspecified atom stereocenters. The summed E-state index contributed by atoms with van der Waals surface area (Å²) in [5, 5.41) is 3.59. The lowest BCUT2D eigenvalue weighted by Crippen LogP contribution is -2.19. The Morgan fingerprint density at radius 2 is 2.00 bits per heavy atom. The second kappa shape index (κ2) is 7.72. The molecule has 0 saturated heterocycles. The number of halogens is 1. The van der Waals surface area contributed by atoms with Gasteiger partial charge in [-0.05, 0) is 44.5 Å². The highest BCUT2D eigenvalue weighted by atomic mass is 35.5. The van der Waals surface area contributed by atoms with Gasteiger partial charge in [0.2, 0.25) is 10.0 Å². The number of sulfonamides is 1. The quantitative estimate of drug-likeness (QED) is 0.726. The zero-order valence-corrected chi connectivity index (χ0v) is 12.9. The van der Waals surface area contributed by atoms with Gasteiger partial charge >= 0.3 is 0 Å². The van der Waals surface area contributed by atoms with Crippen molar-refractivity contribution in [1.82, 2.24) is 5.32 Å². The number of anilines is 1. The maximum absolute atomic E-state index is 11.9. The molecule has 0 aliphatic carbocycles. The second-order valence-corrected chi connectivity index (χ2v) is 6.66. The summed E-state index contributed by atoms with van der Waals surface area (Å²) >= 11 is 6.00. The molecule has 0 saturated carbocycles. The molecule has 0 radical (unpaired) electrons. The molecule has 0 aromatic heterocycles. The van der Waals surface area contributed by atoms with Crippen molar-refractivity contribution in [3.63, 3.8) is 0 Å². The molecule has 0 fully saturated rings. The Bertz CT molecular complexity index is 483. The van der Waals surface area contributed by atoms with Crippen molar-refractivity contribution in [3.05, 3.63) is 28.8 Å². The molecule has 1 aromatic rings. The minimum atomic E-state index is -3.33. The fourth-order valence-electron chi connectivity index (χ4n) is 1.69. The minimum Gasteiger partial charge on any atom is -0.317 e. The SMILES string of the molecule is CCNCCCCS(=O)(=O)Nc1c(C)cccc1Cl. The summed E-state index contributed by atoms with van der Waals surface area (Å²) in [6, 6.07) is 5.30. The molecule has 1 aromatic carbocycles. The van der Waals surface area contributed by atoms with Gasteiger partial charge in [-0.25, -0.2) is 8.42 Å². The lowest BCUT2D eigenvalue weighted by atomic mass is 10.2. The summed E-state index contributed by atoms with van der Waals surface area (Å²) in [5.74, 6) is 0.114. The van der Waals surface area contributed by atoms with Crippen LogP contribution in [0.15, 0.2) is 18.2 Å². The van der Waals surface area contributed by atoms with E-state index in [-0.39, 0.29) is 5.75 Å². The van der Waals surface area contributed by atoms with Crippen molar-refractivity contribution in [2.75, 3.05) is 23.6 Å². The van der Waals surface area contributed by atoms with E-state index >= 15 is 0 Å². The van der Waals surface area contributed by atoms with E-state index in [0.29, 0.717) is 17.1 Å². The number of rotatable bonds is 8. The molecule has 1 rings (SSSR count). The Hall–Kier alpha value is -0.780. The third-order valence-corrected chi connectivity index (χ3v) is 4.40. The summed E-state index contributed by atoms with van der Waals surface area (Å²) < 4.78 is 26.5. The first-order valence-electron chi connectivity index (χ1n) is 6.42. The molecule has 0 heterocycles. The van der Waals surface area contributed by atoms with Crippen molar-refractivity contribution >= 4 is 27.3 Å². The maximum Gasteiger partial charge on any atom is 0.232 e. The van der Waals surface area contributed by atoms with Crippen molar-refractivity contribution in [1.29, 1.82) is 0 Å². The van der Waals surface area contributed by atoms with Gasteiger partial charge in [-0.2, -0.15) is 0 Å². The van der Waals surface area contributed by atoms with Crippen LogP contribution in [0.4, 0.5) is 5.69 Å². The lowest BCUT2D eigenvalue weighted by Gasteiger charge is -2.12. The van der Waals surface area contributed by atoms with Crippen molar-refractivity contribution in [2.45, 2.75) is 26.7 Å². The summed E-state index contributed by atoms with van der Waals surface area (Å²) in [7, 11) is -3.33. The van der Waals surface area contributed by atoms with Crippen LogP contribution in [-0.4, -0.2) is 27.3 Å². The topological polar surface area (TPSA) is 58.2 Å². The van der Waals surface area contributed by atoms with Crippen LogP contribution < -0.4 is 10.0 Å². The first-order chi connectivity index (χ1) is 8.96. The van der Waals surface area contributed by atoms with Crippen molar-refractivity contribution in [2.24, 2.45) is 0 Å². The van der Waals surface area contributed by atoms with Gasteiger partial charge in [0.05, 0.1) is 16.5 Å². The van der Waals surface area contributed by atoms with E-state index in [2.05, 4.69) is 10.0 Å². The summed E-state index contributed by atoms with van der Waals surface area (Å²) in [5.41, 5.74) is 1.31. The van der Waals surface area contributed by atoms with Crippen LogP contribution in [-0.2, 0) is 10.0 Å².